The fourth-order valence-electron chi connectivity index (χ4n) is 2.43. The van der Waals surface area contributed by atoms with Crippen LogP contribution in [0.25, 0.3) is 5.65 Å². The van der Waals surface area contributed by atoms with Crippen LogP contribution in [0.15, 0.2) is 23.3 Å². The van der Waals surface area contributed by atoms with Crippen molar-refractivity contribution in [2.75, 3.05) is 11.9 Å². The van der Waals surface area contributed by atoms with Gasteiger partial charge in [-0.3, -0.25) is 4.57 Å². The molecule has 0 saturated heterocycles. The molecule has 8 heteroatoms. The van der Waals surface area contributed by atoms with E-state index >= 15 is 0 Å². The first kappa shape index (κ1) is 14.2. The second kappa shape index (κ2) is 5.55. The van der Waals surface area contributed by atoms with Crippen LogP contribution in [0, 0.1) is 20.8 Å². The number of anilines is 1. The van der Waals surface area contributed by atoms with Crippen molar-refractivity contribution in [3.05, 3.63) is 46.0 Å². The van der Waals surface area contributed by atoms with Gasteiger partial charge < -0.3 is 5.32 Å². The maximum absolute atomic E-state index is 11.9. The molecule has 0 saturated carbocycles. The van der Waals surface area contributed by atoms with Gasteiger partial charge in [-0.05, 0) is 32.9 Å². The highest BCUT2D eigenvalue weighted by Crippen LogP contribution is 2.14. The number of hydrogen-bond acceptors (Lipinski definition) is 6. The van der Waals surface area contributed by atoms with E-state index in [1.807, 2.05) is 32.9 Å². The largest absolute Gasteiger partial charge is 0.380 e. The Labute approximate surface area is 126 Å². The van der Waals surface area contributed by atoms with Crippen LogP contribution in [0.5, 0.6) is 0 Å². The maximum Gasteiger partial charge on any atom is 0.348 e. The lowest BCUT2D eigenvalue weighted by Crippen LogP contribution is -2.28. The molecule has 0 atom stereocenters. The lowest BCUT2D eigenvalue weighted by atomic mass is 10.3. The van der Waals surface area contributed by atoms with Gasteiger partial charge in [0.2, 0.25) is 5.65 Å². The minimum Gasteiger partial charge on any atom is -0.380 e. The number of nitrogens with zero attached hydrogens (tertiary/aromatic N) is 6. The van der Waals surface area contributed by atoms with Crippen molar-refractivity contribution in [1.29, 1.82) is 0 Å². The maximum atomic E-state index is 11.9. The number of rotatable bonds is 4. The quantitative estimate of drug-likeness (QED) is 0.763. The van der Waals surface area contributed by atoms with Crippen LogP contribution in [0.4, 0.5) is 5.69 Å². The van der Waals surface area contributed by atoms with Gasteiger partial charge >= 0.3 is 5.69 Å². The highest BCUT2D eigenvalue weighted by molar-refractivity contribution is 5.66. The Kier molecular flexibility index (Phi) is 3.58. The normalized spacial score (nSPS) is 11.0. The summed E-state index contributed by atoms with van der Waals surface area (Å²) in [6, 6.07) is 3.81. The van der Waals surface area contributed by atoms with Crippen molar-refractivity contribution in [2.45, 2.75) is 27.3 Å². The molecule has 3 aromatic rings. The summed E-state index contributed by atoms with van der Waals surface area (Å²) in [7, 11) is 0. The molecule has 0 aliphatic rings. The van der Waals surface area contributed by atoms with Crippen LogP contribution in [0.2, 0.25) is 0 Å². The van der Waals surface area contributed by atoms with Gasteiger partial charge in [0, 0.05) is 24.5 Å². The molecule has 1 N–H and O–H groups in total. The van der Waals surface area contributed by atoms with E-state index in [4.69, 9.17) is 0 Å². The van der Waals surface area contributed by atoms with E-state index in [0.717, 1.165) is 22.8 Å². The summed E-state index contributed by atoms with van der Waals surface area (Å²) in [5, 5.41) is 15.5. The average molecular weight is 299 g/mol. The summed E-state index contributed by atoms with van der Waals surface area (Å²) in [4.78, 5) is 15.9. The molecule has 3 aromatic heterocycles. The lowest BCUT2D eigenvalue weighted by molar-refractivity contribution is 0.647. The molecule has 0 aliphatic carbocycles. The van der Waals surface area contributed by atoms with E-state index < -0.39 is 0 Å². The van der Waals surface area contributed by atoms with E-state index in [1.165, 1.54) is 0 Å². The second-order valence-electron chi connectivity index (χ2n) is 5.20. The van der Waals surface area contributed by atoms with Crippen molar-refractivity contribution in [2.24, 2.45) is 0 Å². The summed E-state index contributed by atoms with van der Waals surface area (Å²) in [5.41, 5.74) is 3.78. The first-order valence-corrected chi connectivity index (χ1v) is 7.01. The van der Waals surface area contributed by atoms with Gasteiger partial charge in [0.1, 0.15) is 6.33 Å². The van der Waals surface area contributed by atoms with Gasteiger partial charge in [0.25, 0.3) is 0 Å². The van der Waals surface area contributed by atoms with Crippen molar-refractivity contribution < 1.29 is 0 Å². The fourth-order valence-corrected chi connectivity index (χ4v) is 2.43. The SMILES string of the molecule is Cc1cc(C)n(CCNc2cc(C)nn3cnnc23)c(=O)n1. The molecule has 8 nitrogen and oxygen atoms in total. The Balaban J connectivity index is 1.78. The van der Waals surface area contributed by atoms with E-state index in [2.05, 4.69) is 25.6 Å². The smallest absolute Gasteiger partial charge is 0.348 e. The highest BCUT2D eigenvalue weighted by Gasteiger charge is 2.07. The third-order valence-corrected chi connectivity index (χ3v) is 3.39. The molecule has 0 aromatic carbocycles. The molecule has 0 aliphatic heterocycles. The number of nitrogens with one attached hydrogen (secondary N) is 1. The minimum atomic E-state index is -0.224. The molecule has 0 unspecified atom stereocenters. The number of aryl methyl sites for hydroxylation is 3. The van der Waals surface area contributed by atoms with E-state index in [0.29, 0.717) is 18.7 Å². The summed E-state index contributed by atoms with van der Waals surface area (Å²) >= 11 is 0. The third kappa shape index (κ3) is 2.67. The predicted octanol–water partition coefficient (Wildman–Crippen LogP) is 0.718. The van der Waals surface area contributed by atoms with Crippen LogP contribution in [0.3, 0.4) is 0 Å². The third-order valence-electron chi connectivity index (χ3n) is 3.39. The zero-order valence-corrected chi connectivity index (χ0v) is 12.7. The molecular formula is C14H17N7O. The second-order valence-corrected chi connectivity index (χ2v) is 5.20. The monoisotopic (exact) mass is 299 g/mol. The molecular weight excluding hydrogens is 282 g/mol. The lowest BCUT2D eigenvalue weighted by Gasteiger charge is -2.11. The van der Waals surface area contributed by atoms with Gasteiger partial charge in [0.15, 0.2) is 0 Å². The van der Waals surface area contributed by atoms with Crippen molar-refractivity contribution in [1.82, 2.24) is 29.4 Å². The number of fused-ring (bicyclic) bond motifs is 1. The first-order valence-electron chi connectivity index (χ1n) is 7.01. The van der Waals surface area contributed by atoms with Crippen LogP contribution in [0.1, 0.15) is 17.1 Å². The Bertz CT molecular complexity index is 881. The molecule has 0 bridgehead atoms. The Morgan fingerprint density at radius 2 is 2.00 bits per heavy atom. The summed E-state index contributed by atoms with van der Waals surface area (Å²) < 4.78 is 3.28. The van der Waals surface area contributed by atoms with Crippen LogP contribution in [-0.4, -0.2) is 35.9 Å². The highest BCUT2D eigenvalue weighted by atomic mass is 16.1. The van der Waals surface area contributed by atoms with Gasteiger partial charge in [-0.25, -0.2) is 4.79 Å². The van der Waals surface area contributed by atoms with Crippen LogP contribution < -0.4 is 11.0 Å². The number of hydrogen-bond donors (Lipinski definition) is 1. The van der Waals surface area contributed by atoms with Gasteiger partial charge in [-0.15, -0.1) is 10.2 Å². The Morgan fingerprint density at radius 3 is 2.77 bits per heavy atom. The van der Waals surface area contributed by atoms with Crippen molar-refractivity contribution >= 4 is 11.3 Å². The molecule has 0 fully saturated rings. The van der Waals surface area contributed by atoms with Crippen molar-refractivity contribution in [3.63, 3.8) is 0 Å². The molecule has 114 valence electrons. The average Bonchev–Trinajstić information content (AvgIpc) is 2.89. The predicted molar refractivity (Wildman–Crippen MR) is 82.0 cm³/mol. The van der Waals surface area contributed by atoms with Gasteiger partial charge in [0.05, 0.1) is 11.4 Å². The zero-order chi connectivity index (χ0) is 15.7. The van der Waals surface area contributed by atoms with E-state index in [-0.39, 0.29) is 5.69 Å². The first-order chi connectivity index (χ1) is 10.5. The summed E-state index contributed by atoms with van der Waals surface area (Å²) in [6.07, 6.45) is 1.56. The molecule has 22 heavy (non-hydrogen) atoms. The molecule has 3 heterocycles. The Morgan fingerprint density at radius 1 is 1.18 bits per heavy atom. The summed E-state index contributed by atoms with van der Waals surface area (Å²) in [6.45, 7) is 6.74. The van der Waals surface area contributed by atoms with Crippen molar-refractivity contribution in [3.8, 4) is 0 Å². The summed E-state index contributed by atoms with van der Waals surface area (Å²) in [5.74, 6) is 0. The molecule has 0 radical (unpaired) electrons. The molecule has 0 amide bonds. The zero-order valence-electron chi connectivity index (χ0n) is 12.7. The Hall–Kier alpha value is -2.77. The fraction of sp³-hybridized carbons (Fsp3) is 0.357. The van der Waals surface area contributed by atoms with Crippen LogP contribution in [-0.2, 0) is 6.54 Å². The molecule has 0 spiro atoms. The minimum absolute atomic E-state index is 0.224. The van der Waals surface area contributed by atoms with E-state index in [9.17, 15) is 4.79 Å². The molecule has 3 rings (SSSR count). The number of aromatic nitrogens is 6. The standard InChI is InChI=1S/C14H17N7O/c1-9-6-11(3)20(14(22)17-9)5-4-15-12-7-10(2)19-21-8-16-18-13(12)21/h6-8,15H,4-5H2,1-3H3. The van der Waals surface area contributed by atoms with Gasteiger partial charge in [-0.1, -0.05) is 0 Å². The topological polar surface area (TPSA) is 90.0 Å². The van der Waals surface area contributed by atoms with Crippen LogP contribution >= 0.6 is 0 Å². The van der Waals surface area contributed by atoms with E-state index in [1.54, 1.807) is 15.4 Å². The van der Waals surface area contributed by atoms with Gasteiger partial charge in [-0.2, -0.15) is 14.6 Å².